The topological polar surface area (TPSA) is 61.3 Å². The van der Waals surface area contributed by atoms with Crippen LogP contribution in [0, 0.1) is 0 Å². The van der Waals surface area contributed by atoms with Crippen molar-refractivity contribution in [1.82, 2.24) is 4.98 Å². The number of fused-ring (bicyclic) bond motifs is 1. The molecule has 1 aromatic carbocycles. The molecule has 0 bridgehead atoms. The normalized spacial score (nSPS) is 10.5. The van der Waals surface area contributed by atoms with E-state index in [2.05, 4.69) is 4.98 Å². The summed E-state index contributed by atoms with van der Waals surface area (Å²) in [6.45, 7) is 2.56. The van der Waals surface area contributed by atoms with E-state index in [4.69, 9.17) is 14.9 Å². The molecule has 2 N–H and O–H groups in total. The molecule has 0 aliphatic rings. The van der Waals surface area contributed by atoms with E-state index in [0.717, 1.165) is 11.3 Å². The molecule has 2 rings (SSSR count). The van der Waals surface area contributed by atoms with Gasteiger partial charge in [-0.05, 0) is 19.1 Å². The predicted molar refractivity (Wildman–Crippen MR) is 49.6 cm³/mol. The van der Waals surface area contributed by atoms with Crippen LogP contribution in [0.1, 0.15) is 6.92 Å². The van der Waals surface area contributed by atoms with Gasteiger partial charge in [0.1, 0.15) is 11.3 Å². The molecule has 0 atom stereocenters. The first-order valence-corrected chi connectivity index (χ1v) is 4.08. The molecule has 0 fully saturated rings. The van der Waals surface area contributed by atoms with Gasteiger partial charge < -0.3 is 14.9 Å². The average molecular weight is 178 g/mol. The zero-order valence-corrected chi connectivity index (χ0v) is 7.28. The van der Waals surface area contributed by atoms with Gasteiger partial charge in [0, 0.05) is 6.07 Å². The molecule has 0 aliphatic heterocycles. The van der Waals surface area contributed by atoms with E-state index in [1.165, 1.54) is 0 Å². The minimum Gasteiger partial charge on any atom is -0.494 e. The molecule has 0 radical (unpaired) electrons. The van der Waals surface area contributed by atoms with E-state index in [1.807, 2.05) is 19.1 Å². The van der Waals surface area contributed by atoms with Gasteiger partial charge >= 0.3 is 0 Å². The number of ether oxygens (including phenoxy) is 1. The van der Waals surface area contributed by atoms with Gasteiger partial charge in [-0.2, -0.15) is 4.98 Å². The number of nitrogen functional groups attached to an aromatic ring is 1. The summed E-state index contributed by atoms with van der Waals surface area (Å²) in [5, 5.41) is 0. The van der Waals surface area contributed by atoms with Gasteiger partial charge in [-0.1, -0.05) is 0 Å². The van der Waals surface area contributed by atoms with Crippen molar-refractivity contribution in [3.63, 3.8) is 0 Å². The Hall–Kier alpha value is -1.71. The Morgan fingerprint density at radius 3 is 3.15 bits per heavy atom. The fourth-order valence-corrected chi connectivity index (χ4v) is 1.18. The van der Waals surface area contributed by atoms with Crippen LogP contribution in [-0.4, -0.2) is 11.6 Å². The minimum atomic E-state index is 0.184. The first kappa shape index (κ1) is 7.91. The standard InChI is InChI=1S/C9H10N2O2/c1-2-12-6-3-4-7-8(5-6)13-9(10)11-7/h3-5H,2H2,1H3,(H2,10,11). The first-order valence-electron chi connectivity index (χ1n) is 4.08. The number of aromatic nitrogens is 1. The maximum Gasteiger partial charge on any atom is 0.292 e. The van der Waals surface area contributed by atoms with Crippen molar-refractivity contribution < 1.29 is 9.15 Å². The van der Waals surface area contributed by atoms with Crippen LogP contribution >= 0.6 is 0 Å². The Bertz CT molecular complexity index is 422. The molecule has 13 heavy (non-hydrogen) atoms. The highest BCUT2D eigenvalue weighted by Crippen LogP contribution is 2.22. The Morgan fingerprint density at radius 2 is 2.38 bits per heavy atom. The van der Waals surface area contributed by atoms with Crippen molar-refractivity contribution in [2.24, 2.45) is 0 Å². The largest absolute Gasteiger partial charge is 0.494 e. The maximum atomic E-state index is 5.40. The summed E-state index contributed by atoms with van der Waals surface area (Å²) < 4.78 is 10.4. The van der Waals surface area contributed by atoms with Crippen LogP contribution in [0.3, 0.4) is 0 Å². The first-order chi connectivity index (χ1) is 6.29. The summed E-state index contributed by atoms with van der Waals surface area (Å²) in [6.07, 6.45) is 0. The Kier molecular flexibility index (Phi) is 1.81. The summed E-state index contributed by atoms with van der Waals surface area (Å²) in [6, 6.07) is 5.62. The SMILES string of the molecule is CCOc1ccc2nc(N)oc2c1. The number of hydrogen-bond acceptors (Lipinski definition) is 4. The molecule has 0 aliphatic carbocycles. The van der Waals surface area contributed by atoms with Crippen LogP contribution in [0.2, 0.25) is 0 Å². The minimum absolute atomic E-state index is 0.184. The molecule has 0 spiro atoms. The molecular weight excluding hydrogens is 168 g/mol. The maximum absolute atomic E-state index is 5.40. The molecule has 1 heterocycles. The van der Waals surface area contributed by atoms with Crippen molar-refractivity contribution >= 4 is 17.1 Å². The summed E-state index contributed by atoms with van der Waals surface area (Å²) in [7, 11) is 0. The Labute approximate surface area is 75.3 Å². The van der Waals surface area contributed by atoms with Crippen LogP contribution in [0.5, 0.6) is 5.75 Å². The van der Waals surface area contributed by atoms with Crippen molar-refractivity contribution in [2.75, 3.05) is 12.3 Å². The van der Waals surface area contributed by atoms with E-state index in [0.29, 0.717) is 12.2 Å². The molecular formula is C9H10N2O2. The van der Waals surface area contributed by atoms with E-state index in [-0.39, 0.29) is 6.01 Å². The smallest absolute Gasteiger partial charge is 0.292 e. The Balaban J connectivity index is 2.48. The van der Waals surface area contributed by atoms with Gasteiger partial charge in [-0.3, -0.25) is 0 Å². The summed E-state index contributed by atoms with van der Waals surface area (Å²) in [5.74, 6) is 0.770. The molecule has 0 unspecified atom stereocenters. The monoisotopic (exact) mass is 178 g/mol. The number of anilines is 1. The summed E-state index contributed by atoms with van der Waals surface area (Å²) >= 11 is 0. The lowest BCUT2D eigenvalue weighted by molar-refractivity contribution is 0.340. The van der Waals surface area contributed by atoms with Crippen molar-refractivity contribution in [1.29, 1.82) is 0 Å². The molecule has 1 aromatic heterocycles. The molecule has 68 valence electrons. The zero-order valence-electron chi connectivity index (χ0n) is 7.28. The van der Waals surface area contributed by atoms with Crippen LogP contribution in [0.25, 0.3) is 11.1 Å². The van der Waals surface area contributed by atoms with Crippen LogP contribution < -0.4 is 10.5 Å². The highest BCUT2D eigenvalue weighted by molar-refractivity contribution is 5.75. The van der Waals surface area contributed by atoms with Gasteiger partial charge in [0.05, 0.1) is 6.61 Å². The fourth-order valence-electron chi connectivity index (χ4n) is 1.18. The summed E-state index contributed by atoms with van der Waals surface area (Å²) in [4.78, 5) is 3.97. The lowest BCUT2D eigenvalue weighted by Gasteiger charge is -2.00. The number of hydrogen-bond donors (Lipinski definition) is 1. The third-order valence-corrected chi connectivity index (χ3v) is 1.69. The zero-order chi connectivity index (χ0) is 9.26. The van der Waals surface area contributed by atoms with Gasteiger partial charge in [0.15, 0.2) is 5.58 Å². The van der Waals surface area contributed by atoms with Gasteiger partial charge in [0.25, 0.3) is 6.01 Å². The number of nitrogens with zero attached hydrogens (tertiary/aromatic N) is 1. The average Bonchev–Trinajstić information content (AvgIpc) is 2.44. The van der Waals surface area contributed by atoms with Crippen molar-refractivity contribution in [2.45, 2.75) is 6.92 Å². The molecule has 2 aromatic rings. The van der Waals surface area contributed by atoms with Crippen molar-refractivity contribution in [3.8, 4) is 5.75 Å². The fraction of sp³-hybridized carbons (Fsp3) is 0.222. The third kappa shape index (κ3) is 1.42. The number of benzene rings is 1. The lowest BCUT2D eigenvalue weighted by atomic mass is 10.3. The van der Waals surface area contributed by atoms with Crippen LogP contribution in [0.4, 0.5) is 6.01 Å². The van der Waals surface area contributed by atoms with Crippen LogP contribution in [0.15, 0.2) is 22.6 Å². The van der Waals surface area contributed by atoms with E-state index in [9.17, 15) is 0 Å². The second-order valence-electron chi connectivity index (χ2n) is 2.61. The van der Waals surface area contributed by atoms with Crippen molar-refractivity contribution in [3.05, 3.63) is 18.2 Å². The lowest BCUT2D eigenvalue weighted by Crippen LogP contribution is -1.90. The summed E-state index contributed by atoms with van der Waals surface area (Å²) in [5.41, 5.74) is 6.80. The molecule has 4 heteroatoms. The quantitative estimate of drug-likeness (QED) is 0.761. The van der Waals surface area contributed by atoms with Crippen LogP contribution in [-0.2, 0) is 0 Å². The second kappa shape index (κ2) is 2.97. The molecule has 0 saturated heterocycles. The van der Waals surface area contributed by atoms with Gasteiger partial charge in [0.2, 0.25) is 0 Å². The van der Waals surface area contributed by atoms with E-state index >= 15 is 0 Å². The van der Waals surface area contributed by atoms with E-state index in [1.54, 1.807) is 6.07 Å². The molecule has 0 amide bonds. The number of rotatable bonds is 2. The predicted octanol–water partition coefficient (Wildman–Crippen LogP) is 1.81. The van der Waals surface area contributed by atoms with Gasteiger partial charge in [-0.25, -0.2) is 0 Å². The second-order valence-corrected chi connectivity index (χ2v) is 2.61. The number of nitrogens with two attached hydrogens (primary N) is 1. The highest BCUT2D eigenvalue weighted by atomic mass is 16.5. The Morgan fingerprint density at radius 1 is 1.54 bits per heavy atom. The van der Waals surface area contributed by atoms with E-state index < -0.39 is 0 Å². The molecule has 0 saturated carbocycles. The number of oxazole rings is 1. The van der Waals surface area contributed by atoms with Gasteiger partial charge in [-0.15, -0.1) is 0 Å². The molecule has 4 nitrogen and oxygen atoms in total. The third-order valence-electron chi connectivity index (χ3n) is 1.69. The highest BCUT2D eigenvalue weighted by Gasteiger charge is 2.03.